The van der Waals surface area contributed by atoms with Crippen molar-refractivity contribution in [3.05, 3.63) is 72.4 Å². The van der Waals surface area contributed by atoms with Crippen LogP contribution in [0.3, 0.4) is 0 Å². The van der Waals surface area contributed by atoms with Gasteiger partial charge in [-0.1, -0.05) is 24.3 Å². The van der Waals surface area contributed by atoms with E-state index in [-0.39, 0.29) is 5.75 Å². The topological polar surface area (TPSA) is 51.2 Å². The number of ether oxygens (including phenoxy) is 1. The molecule has 0 aliphatic rings. The summed E-state index contributed by atoms with van der Waals surface area (Å²) in [5.74, 6) is -0.782. The van der Waals surface area contributed by atoms with Gasteiger partial charge in [0.25, 0.3) is 0 Å². The molecule has 1 N–H and O–H groups in total. The zero-order valence-electron chi connectivity index (χ0n) is 13.3. The van der Waals surface area contributed by atoms with E-state index in [0.29, 0.717) is 11.4 Å². The molecular weight excluding hydrogens is 345 g/mol. The smallest absolute Gasteiger partial charge is 0.406 e. The van der Waals surface area contributed by atoms with Crippen molar-refractivity contribution in [1.82, 2.24) is 4.98 Å². The number of halogens is 3. The summed E-state index contributed by atoms with van der Waals surface area (Å²) in [6, 6.07) is 16.2. The minimum absolute atomic E-state index is 0.348. The lowest BCUT2D eigenvalue weighted by atomic mass is 10.2. The Hall–Kier alpha value is -3.35. The van der Waals surface area contributed by atoms with Gasteiger partial charge < -0.3 is 10.1 Å². The van der Waals surface area contributed by atoms with Crippen LogP contribution < -0.4 is 10.1 Å². The summed E-state index contributed by atoms with van der Waals surface area (Å²) in [4.78, 5) is 16.3. The highest BCUT2D eigenvalue weighted by molar-refractivity contribution is 6.01. The molecule has 0 unspecified atom stereocenters. The number of nitrogens with one attached hydrogen (secondary N) is 1. The summed E-state index contributed by atoms with van der Waals surface area (Å²) in [5, 5.41) is 3.54. The summed E-state index contributed by atoms with van der Waals surface area (Å²) in [5.41, 5.74) is 1.78. The second-order valence-electron chi connectivity index (χ2n) is 5.32. The Morgan fingerprint density at radius 1 is 1.00 bits per heavy atom. The van der Waals surface area contributed by atoms with Gasteiger partial charge in [-0.25, -0.2) is 4.98 Å². The van der Waals surface area contributed by atoms with Crippen LogP contribution in [-0.2, 0) is 4.79 Å². The molecule has 0 radical (unpaired) electrons. The van der Waals surface area contributed by atoms with Crippen LogP contribution in [0, 0.1) is 0 Å². The molecule has 0 fully saturated rings. The number of hydrogen-bond acceptors (Lipinski definition) is 3. The van der Waals surface area contributed by atoms with Gasteiger partial charge >= 0.3 is 6.36 Å². The number of nitrogens with zero attached hydrogens (tertiary/aromatic N) is 1. The van der Waals surface area contributed by atoms with Gasteiger partial charge in [0.2, 0.25) is 5.91 Å². The van der Waals surface area contributed by atoms with E-state index in [1.165, 1.54) is 18.2 Å². The van der Waals surface area contributed by atoms with Crippen LogP contribution in [0.25, 0.3) is 17.0 Å². The summed E-state index contributed by atoms with van der Waals surface area (Å²) in [6.45, 7) is 0. The monoisotopic (exact) mass is 358 g/mol. The summed E-state index contributed by atoms with van der Waals surface area (Å²) < 4.78 is 40.1. The Balaban J connectivity index is 1.63. The van der Waals surface area contributed by atoms with Crippen LogP contribution in [0.5, 0.6) is 5.75 Å². The average Bonchev–Trinajstić information content (AvgIpc) is 2.60. The third-order valence-corrected chi connectivity index (χ3v) is 3.38. The molecule has 4 nitrogen and oxygen atoms in total. The number of pyridine rings is 1. The highest BCUT2D eigenvalue weighted by atomic mass is 19.4. The first kappa shape index (κ1) is 17.5. The molecule has 26 heavy (non-hydrogen) atoms. The molecule has 0 aliphatic heterocycles. The van der Waals surface area contributed by atoms with E-state index in [9.17, 15) is 18.0 Å². The number of anilines is 1. The summed E-state index contributed by atoms with van der Waals surface area (Å²) in [6.07, 6.45) is -1.89. The van der Waals surface area contributed by atoms with E-state index in [4.69, 9.17) is 0 Å². The van der Waals surface area contributed by atoms with Crippen LogP contribution in [0.1, 0.15) is 5.69 Å². The fourth-order valence-electron chi connectivity index (χ4n) is 2.26. The Bertz CT molecular complexity index is 951. The number of carbonyl (C=O) groups excluding carboxylic acids is 1. The molecule has 0 saturated heterocycles. The van der Waals surface area contributed by atoms with E-state index in [2.05, 4.69) is 15.0 Å². The van der Waals surface area contributed by atoms with Gasteiger partial charge in [0.05, 0.1) is 11.2 Å². The standard InChI is InChI=1S/C19H13F3N2O2/c20-19(21,22)26-16-10-7-15(8-11-16)24-18(25)12-9-14-6-5-13-3-1-2-4-17(13)23-14/h1-12H,(H,24,25). The lowest BCUT2D eigenvalue weighted by Gasteiger charge is -2.09. The minimum atomic E-state index is -4.75. The lowest BCUT2D eigenvalue weighted by molar-refractivity contribution is -0.274. The summed E-state index contributed by atoms with van der Waals surface area (Å²) >= 11 is 0. The fourth-order valence-corrected chi connectivity index (χ4v) is 2.26. The Morgan fingerprint density at radius 2 is 1.73 bits per heavy atom. The van der Waals surface area contributed by atoms with Crippen LogP contribution in [0.4, 0.5) is 18.9 Å². The second kappa shape index (κ2) is 7.26. The molecule has 0 spiro atoms. The van der Waals surface area contributed by atoms with Crippen molar-refractivity contribution in [2.45, 2.75) is 6.36 Å². The van der Waals surface area contributed by atoms with E-state index in [1.54, 1.807) is 12.1 Å². The molecule has 1 amide bonds. The molecule has 3 rings (SSSR count). The normalized spacial score (nSPS) is 11.7. The third-order valence-electron chi connectivity index (χ3n) is 3.38. The summed E-state index contributed by atoms with van der Waals surface area (Å²) in [7, 11) is 0. The predicted octanol–water partition coefficient (Wildman–Crippen LogP) is 4.79. The van der Waals surface area contributed by atoms with Crippen molar-refractivity contribution in [3.8, 4) is 5.75 Å². The van der Waals surface area contributed by atoms with Crippen LogP contribution in [-0.4, -0.2) is 17.3 Å². The maximum absolute atomic E-state index is 12.1. The molecule has 0 atom stereocenters. The Kier molecular flexibility index (Phi) is 4.88. The zero-order chi connectivity index (χ0) is 18.6. The second-order valence-corrected chi connectivity index (χ2v) is 5.32. The van der Waals surface area contributed by atoms with E-state index < -0.39 is 12.3 Å². The van der Waals surface area contributed by atoms with Gasteiger partial charge in [0.1, 0.15) is 5.75 Å². The first-order chi connectivity index (χ1) is 12.4. The van der Waals surface area contributed by atoms with Gasteiger partial charge in [-0.3, -0.25) is 4.79 Å². The van der Waals surface area contributed by atoms with Crippen LogP contribution >= 0.6 is 0 Å². The SMILES string of the molecule is O=C(C=Cc1ccc2ccccc2n1)Nc1ccc(OC(F)(F)F)cc1. The number of carbonyl (C=O) groups is 1. The van der Waals surface area contributed by atoms with Gasteiger partial charge in [0, 0.05) is 17.1 Å². The molecule has 3 aromatic rings. The number of amides is 1. The van der Waals surface area contributed by atoms with Crippen molar-refractivity contribution in [3.63, 3.8) is 0 Å². The molecular formula is C19H13F3N2O2. The zero-order valence-corrected chi connectivity index (χ0v) is 13.3. The van der Waals surface area contributed by atoms with E-state index in [0.717, 1.165) is 23.0 Å². The molecule has 0 saturated carbocycles. The number of alkyl halides is 3. The quantitative estimate of drug-likeness (QED) is 0.683. The van der Waals surface area contributed by atoms with Gasteiger partial charge in [-0.2, -0.15) is 0 Å². The van der Waals surface area contributed by atoms with E-state index in [1.807, 2.05) is 30.3 Å². The third kappa shape index (κ3) is 4.83. The van der Waals surface area contributed by atoms with Crippen LogP contribution in [0.15, 0.2) is 66.7 Å². The van der Waals surface area contributed by atoms with Gasteiger partial charge in [0.15, 0.2) is 0 Å². The minimum Gasteiger partial charge on any atom is -0.406 e. The van der Waals surface area contributed by atoms with E-state index >= 15 is 0 Å². The van der Waals surface area contributed by atoms with Crippen molar-refractivity contribution < 1.29 is 22.7 Å². The van der Waals surface area contributed by atoms with Crippen molar-refractivity contribution in [2.75, 3.05) is 5.32 Å². The first-order valence-corrected chi connectivity index (χ1v) is 7.60. The Labute approximate surface area is 146 Å². The average molecular weight is 358 g/mol. The van der Waals surface area contributed by atoms with Crippen molar-refractivity contribution in [2.24, 2.45) is 0 Å². The highest BCUT2D eigenvalue weighted by Crippen LogP contribution is 2.24. The predicted molar refractivity (Wildman–Crippen MR) is 92.5 cm³/mol. The van der Waals surface area contributed by atoms with Crippen molar-refractivity contribution >= 4 is 28.6 Å². The number of benzene rings is 2. The molecule has 0 bridgehead atoms. The largest absolute Gasteiger partial charge is 0.573 e. The maximum Gasteiger partial charge on any atom is 0.573 e. The Morgan fingerprint density at radius 3 is 2.46 bits per heavy atom. The number of aromatic nitrogens is 1. The molecule has 1 heterocycles. The number of rotatable bonds is 4. The highest BCUT2D eigenvalue weighted by Gasteiger charge is 2.30. The van der Waals surface area contributed by atoms with Gasteiger partial charge in [-0.05, 0) is 42.5 Å². The number of para-hydroxylation sites is 1. The fraction of sp³-hybridized carbons (Fsp3) is 0.0526. The molecule has 1 aromatic heterocycles. The molecule has 2 aromatic carbocycles. The lowest BCUT2D eigenvalue weighted by Crippen LogP contribution is -2.17. The van der Waals surface area contributed by atoms with Crippen LogP contribution in [0.2, 0.25) is 0 Å². The number of fused-ring (bicyclic) bond motifs is 1. The molecule has 132 valence electrons. The molecule has 7 heteroatoms. The van der Waals surface area contributed by atoms with Crippen molar-refractivity contribution in [1.29, 1.82) is 0 Å². The first-order valence-electron chi connectivity index (χ1n) is 7.60. The number of hydrogen-bond donors (Lipinski definition) is 1. The van der Waals surface area contributed by atoms with Gasteiger partial charge in [-0.15, -0.1) is 13.2 Å². The maximum atomic E-state index is 12.1. The molecule has 0 aliphatic carbocycles.